The zero-order valence-corrected chi connectivity index (χ0v) is 13.4. The van der Waals surface area contributed by atoms with Gasteiger partial charge in [0.05, 0.1) is 17.2 Å². The number of rotatable bonds is 2. The Hall–Kier alpha value is -1.71. The van der Waals surface area contributed by atoms with Gasteiger partial charge in [-0.15, -0.1) is 0 Å². The molecule has 1 aliphatic heterocycles. The molecule has 0 fully saturated rings. The van der Waals surface area contributed by atoms with Crippen LogP contribution in [0.25, 0.3) is 11.1 Å². The largest absolute Gasteiger partial charge is 0.478 e. The summed E-state index contributed by atoms with van der Waals surface area (Å²) in [6, 6.07) is 11.2. The van der Waals surface area contributed by atoms with Gasteiger partial charge in [-0.3, -0.25) is 0 Å². The lowest BCUT2D eigenvalue weighted by molar-refractivity contribution is -0.149. The lowest BCUT2D eigenvalue weighted by Crippen LogP contribution is -2.32. The molecule has 0 saturated heterocycles. The summed E-state index contributed by atoms with van der Waals surface area (Å²) in [5.74, 6) is 0.282. The van der Waals surface area contributed by atoms with Crippen molar-refractivity contribution in [3.8, 4) is 16.9 Å². The van der Waals surface area contributed by atoms with Crippen molar-refractivity contribution in [1.82, 2.24) is 0 Å². The van der Waals surface area contributed by atoms with E-state index in [1.807, 2.05) is 18.2 Å². The maximum absolute atomic E-state index is 11.8. The lowest BCUT2D eigenvalue weighted by atomic mass is 9.95. The van der Waals surface area contributed by atoms with E-state index in [0.717, 1.165) is 17.5 Å². The topological polar surface area (TPSA) is 35.5 Å². The molecule has 1 atom stereocenters. The second-order valence-electron chi connectivity index (χ2n) is 5.06. The monoisotopic (exact) mass is 336 g/mol. The van der Waals surface area contributed by atoms with Gasteiger partial charge in [0.25, 0.3) is 0 Å². The minimum atomic E-state index is -0.597. The first-order valence-corrected chi connectivity index (χ1v) is 7.68. The highest BCUT2D eigenvalue weighted by molar-refractivity contribution is 6.39. The number of esters is 1. The van der Waals surface area contributed by atoms with Crippen molar-refractivity contribution in [1.29, 1.82) is 0 Å². The van der Waals surface area contributed by atoms with E-state index in [9.17, 15) is 4.79 Å². The summed E-state index contributed by atoms with van der Waals surface area (Å²) in [4.78, 5) is 11.8. The Morgan fingerprint density at radius 3 is 2.55 bits per heavy atom. The van der Waals surface area contributed by atoms with Crippen LogP contribution < -0.4 is 4.74 Å². The molecule has 1 aliphatic rings. The minimum Gasteiger partial charge on any atom is -0.478 e. The smallest absolute Gasteiger partial charge is 0.347 e. The molecule has 0 spiro atoms. The van der Waals surface area contributed by atoms with E-state index in [1.165, 1.54) is 7.11 Å². The van der Waals surface area contributed by atoms with Crippen molar-refractivity contribution in [2.75, 3.05) is 7.11 Å². The van der Waals surface area contributed by atoms with Crippen molar-refractivity contribution < 1.29 is 14.3 Å². The van der Waals surface area contributed by atoms with Crippen LogP contribution in [0.2, 0.25) is 10.0 Å². The predicted molar refractivity (Wildman–Crippen MR) is 86.7 cm³/mol. The molecule has 0 N–H and O–H groups in total. The third-order valence-corrected chi connectivity index (χ3v) is 4.36. The fourth-order valence-corrected chi connectivity index (χ4v) is 3.26. The Bertz CT molecular complexity index is 708. The van der Waals surface area contributed by atoms with Gasteiger partial charge in [0.2, 0.25) is 0 Å². The average molecular weight is 337 g/mol. The number of methoxy groups -OCH3 is 1. The Labute approximate surface area is 138 Å². The number of para-hydroxylation sites is 1. The van der Waals surface area contributed by atoms with Crippen molar-refractivity contribution in [3.63, 3.8) is 0 Å². The number of halogens is 2. The molecule has 5 heteroatoms. The van der Waals surface area contributed by atoms with Gasteiger partial charge in [0, 0.05) is 11.1 Å². The van der Waals surface area contributed by atoms with Gasteiger partial charge in [0.1, 0.15) is 5.75 Å². The second kappa shape index (κ2) is 6.19. The standard InChI is InChI=1S/C17H14Cl2O3/c1-21-17(20)14-9-8-10-4-2-5-11(16(10)22-14)15-12(18)6-3-7-13(15)19/h2-7,14H,8-9H2,1H3. The Kier molecular flexibility index (Phi) is 4.27. The van der Waals surface area contributed by atoms with E-state index < -0.39 is 6.10 Å². The van der Waals surface area contributed by atoms with Crippen LogP contribution in [-0.4, -0.2) is 19.2 Å². The van der Waals surface area contributed by atoms with Gasteiger partial charge >= 0.3 is 5.97 Å². The highest BCUT2D eigenvalue weighted by atomic mass is 35.5. The predicted octanol–water partition coefficient (Wildman–Crippen LogP) is 4.53. The van der Waals surface area contributed by atoms with Gasteiger partial charge in [-0.2, -0.15) is 0 Å². The number of carbonyl (C=O) groups excluding carboxylic acids is 1. The zero-order chi connectivity index (χ0) is 15.7. The zero-order valence-electron chi connectivity index (χ0n) is 11.9. The van der Waals surface area contributed by atoms with Crippen LogP contribution in [0.4, 0.5) is 0 Å². The summed E-state index contributed by atoms with van der Waals surface area (Å²) in [5, 5.41) is 1.09. The van der Waals surface area contributed by atoms with E-state index in [2.05, 4.69) is 0 Å². The molecular weight excluding hydrogens is 323 g/mol. The fourth-order valence-electron chi connectivity index (χ4n) is 2.66. The van der Waals surface area contributed by atoms with Gasteiger partial charge in [0.15, 0.2) is 6.10 Å². The Morgan fingerprint density at radius 2 is 1.86 bits per heavy atom. The van der Waals surface area contributed by atoms with Crippen LogP contribution in [0, 0.1) is 0 Å². The number of hydrogen-bond donors (Lipinski definition) is 0. The van der Waals surface area contributed by atoms with Gasteiger partial charge < -0.3 is 9.47 Å². The summed E-state index contributed by atoms with van der Waals surface area (Å²) >= 11 is 12.6. The van der Waals surface area contributed by atoms with Gasteiger partial charge in [-0.25, -0.2) is 4.79 Å². The number of aryl methyl sites for hydroxylation is 1. The van der Waals surface area contributed by atoms with Crippen LogP contribution in [0.5, 0.6) is 5.75 Å². The molecule has 1 unspecified atom stereocenters. The summed E-state index contributed by atoms with van der Waals surface area (Å²) < 4.78 is 10.7. The second-order valence-corrected chi connectivity index (χ2v) is 5.87. The van der Waals surface area contributed by atoms with Gasteiger partial charge in [-0.1, -0.05) is 47.5 Å². The first-order chi connectivity index (χ1) is 10.6. The molecule has 0 radical (unpaired) electrons. The SMILES string of the molecule is COC(=O)C1CCc2cccc(-c3c(Cl)cccc3Cl)c2O1. The highest BCUT2D eigenvalue weighted by Gasteiger charge is 2.29. The van der Waals surface area contributed by atoms with E-state index in [0.29, 0.717) is 27.8 Å². The lowest BCUT2D eigenvalue weighted by Gasteiger charge is -2.26. The third-order valence-electron chi connectivity index (χ3n) is 3.73. The van der Waals surface area contributed by atoms with Crippen LogP contribution in [-0.2, 0) is 16.0 Å². The van der Waals surface area contributed by atoms with Gasteiger partial charge in [-0.05, 0) is 30.5 Å². The maximum atomic E-state index is 11.8. The third kappa shape index (κ3) is 2.67. The van der Waals surface area contributed by atoms with Crippen LogP contribution in [0.1, 0.15) is 12.0 Å². The van der Waals surface area contributed by atoms with Crippen molar-refractivity contribution >= 4 is 29.2 Å². The first kappa shape index (κ1) is 15.2. The van der Waals surface area contributed by atoms with E-state index in [-0.39, 0.29) is 5.97 Å². The van der Waals surface area contributed by atoms with Crippen LogP contribution in [0.3, 0.4) is 0 Å². The fraction of sp³-hybridized carbons (Fsp3) is 0.235. The molecule has 114 valence electrons. The molecule has 1 heterocycles. The first-order valence-electron chi connectivity index (χ1n) is 6.92. The molecule has 0 aliphatic carbocycles. The molecule has 2 aromatic carbocycles. The van der Waals surface area contributed by atoms with Crippen LogP contribution in [0.15, 0.2) is 36.4 Å². The number of benzene rings is 2. The molecule has 3 nitrogen and oxygen atoms in total. The maximum Gasteiger partial charge on any atom is 0.347 e. The molecule has 2 aromatic rings. The average Bonchev–Trinajstić information content (AvgIpc) is 2.53. The number of ether oxygens (including phenoxy) is 2. The van der Waals surface area contributed by atoms with Crippen molar-refractivity contribution in [2.24, 2.45) is 0 Å². The number of hydrogen-bond acceptors (Lipinski definition) is 3. The van der Waals surface area contributed by atoms with E-state index >= 15 is 0 Å². The minimum absolute atomic E-state index is 0.370. The summed E-state index contributed by atoms with van der Waals surface area (Å²) in [5.41, 5.74) is 2.54. The Morgan fingerprint density at radius 1 is 1.18 bits per heavy atom. The molecular formula is C17H14Cl2O3. The number of fused-ring (bicyclic) bond motifs is 1. The highest BCUT2D eigenvalue weighted by Crippen LogP contribution is 2.43. The summed E-state index contributed by atoms with van der Waals surface area (Å²) in [6.45, 7) is 0. The normalized spacial score (nSPS) is 16.6. The van der Waals surface area contributed by atoms with Crippen molar-refractivity contribution in [3.05, 3.63) is 52.0 Å². The molecule has 3 rings (SSSR count). The molecule has 0 saturated carbocycles. The van der Waals surface area contributed by atoms with Crippen LogP contribution >= 0.6 is 23.2 Å². The van der Waals surface area contributed by atoms with E-state index in [4.69, 9.17) is 32.7 Å². The summed E-state index contributed by atoms with van der Waals surface area (Å²) in [6.07, 6.45) is 0.740. The van der Waals surface area contributed by atoms with Crippen molar-refractivity contribution in [2.45, 2.75) is 18.9 Å². The number of carbonyl (C=O) groups is 1. The molecule has 0 amide bonds. The quantitative estimate of drug-likeness (QED) is 0.756. The molecule has 0 bridgehead atoms. The Balaban J connectivity index is 2.10. The summed E-state index contributed by atoms with van der Waals surface area (Å²) in [7, 11) is 1.36. The molecule has 0 aromatic heterocycles. The molecule has 22 heavy (non-hydrogen) atoms. The van der Waals surface area contributed by atoms with E-state index in [1.54, 1.807) is 18.2 Å².